The van der Waals surface area contributed by atoms with Gasteiger partial charge < -0.3 is 19.5 Å². The lowest BCUT2D eigenvalue weighted by Gasteiger charge is -2.22. The number of amides is 2. The van der Waals surface area contributed by atoms with E-state index in [1.165, 1.54) is 0 Å². The number of hydrogen-bond donors (Lipinski definition) is 1. The van der Waals surface area contributed by atoms with Gasteiger partial charge in [0.15, 0.2) is 0 Å². The number of rotatable bonds is 4. The number of para-hydroxylation sites is 1. The number of methoxy groups -OCH3 is 1. The maximum Gasteiger partial charge on any atom is 0.322 e. The molecule has 1 N–H and O–H groups in total. The number of benzene rings is 2. The highest BCUT2D eigenvalue weighted by molar-refractivity contribution is 5.90. The minimum absolute atomic E-state index is 0.264. The summed E-state index contributed by atoms with van der Waals surface area (Å²) < 4.78 is 10.8. The molecule has 1 atom stereocenters. The van der Waals surface area contributed by atoms with Crippen molar-refractivity contribution in [3.05, 3.63) is 60.0 Å². The van der Waals surface area contributed by atoms with Crippen molar-refractivity contribution in [1.29, 1.82) is 5.26 Å². The lowest BCUT2D eigenvalue weighted by molar-refractivity contribution is 0.193. The van der Waals surface area contributed by atoms with Gasteiger partial charge in [-0.05, 0) is 43.2 Å². The predicted octanol–water partition coefficient (Wildman–Crippen LogP) is 3.99. The summed E-state index contributed by atoms with van der Waals surface area (Å²) in [6.45, 7) is 0.584. The Morgan fingerprint density at radius 3 is 3.00 bits per heavy atom. The van der Waals surface area contributed by atoms with Crippen LogP contribution in [0.2, 0.25) is 0 Å². The summed E-state index contributed by atoms with van der Waals surface area (Å²) in [5, 5.41) is 15.9. The molecular formula is C21H19N5O3. The highest BCUT2D eigenvalue weighted by atomic mass is 16.5. The first kappa shape index (κ1) is 18.5. The molecule has 1 aliphatic heterocycles. The van der Waals surface area contributed by atoms with E-state index in [-0.39, 0.29) is 12.1 Å². The first-order chi connectivity index (χ1) is 14.2. The number of carbonyl (C=O) groups is 1. The molecule has 4 rings (SSSR count). The van der Waals surface area contributed by atoms with Crippen molar-refractivity contribution in [3.63, 3.8) is 0 Å². The number of ether oxygens (including phenoxy) is 1. The molecule has 1 fully saturated rings. The van der Waals surface area contributed by atoms with Crippen molar-refractivity contribution in [2.24, 2.45) is 0 Å². The minimum Gasteiger partial charge on any atom is -0.496 e. The number of hydrogen-bond acceptors (Lipinski definition) is 6. The van der Waals surface area contributed by atoms with Crippen LogP contribution in [-0.2, 0) is 0 Å². The Balaban J connectivity index is 1.53. The molecule has 8 nitrogen and oxygen atoms in total. The molecule has 2 aromatic carbocycles. The van der Waals surface area contributed by atoms with E-state index in [0.717, 1.165) is 18.4 Å². The van der Waals surface area contributed by atoms with E-state index in [1.54, 1.807) is 36.3 Å². The normalized spacial score (nSPS) is 15.7. The van der Waals surface area contributed by atoms with Gasteiger partial charge in [-0.1, -0.05) is 23.4 Å². The van der Waals surface area contributed by atoms with E-state index in [1.807, 2.05) is 24.3 Å². The quantitative estimate of drug-likeness (QED) is 0.723. The molecule has 2 heterocycles. The Kier molecular flexibility index (Phi) is 5.12. The Morgan fingerprint density at radius 1 is 1.31 bits per heavy atom. The molecule has 1 saturated heterocycles. The molecule has 0 radical (unpaired) electrons. The number of nitrogens with zero attached hydrogens (tertiary/aromatic N) is 4. The number of nitriles is 1. The van der Waals surface area contributed by atoms with E-state index in [9.17, 15) is 4.79 Å². The zero-order valence-corrected chi connectivity index (χ0v) is 15.8. The molecule has 8 heteroatoms. The maximum absolute atomic E-state index is 12.8. The van der Waals surface area contributed by atoms with Gasteiger partial charge in [0, 0.05) is 12.2 Å². The second-order valence-corrected chi connectivity index (χ2v) is 6.63. The molecule has 0 spiro atoms. The van der Waals surface area contributed by atoms with Crippen LogP contribution in [0.1, 0.15) is 30.3 Å². The lowest BCUT2D eigenvalue weighted by Crippen LogP contribution is -2.34. The molecule has 2 amide bonds. The molecule has 0 saturated carbocycles. The number of likely N-dealkylation sites (tertiary alicyclic amines) is 1. The van der Waals surface area contributed by atoms with Gasteiger partial charge in [-0.25, -0.2) is 4.79 Å². The molecule has 0 aliphatic carbocycles. The Hall–Kier alpha value is -3.86. The van der Waals surface area contributed by atoms with Crippen molar-refractivity contribution < 1.29 is 14.1 Å². The first-order valence-corrected chi connectivity index (χ1v) is 9.24. The van der Waals surface area contributed by atoms with Gasteiger partial charge in [-0.15, -0.1) is 0 Å². The molecule has 1 aromatic heterocycles. The second kappa shape index (κ2) is 8.02. The van der Waals surface area contributed by atoms with Crippen LogP contribution in [0.3, 0.4) is 0 Å². The van der Waals surface area contributed by atoms with Gasteiger partial charge in [0.05, 0.1) is 24.3 Å². The van der Waals surface area contributed by atoms with E-state index >= 15 is 0 Å². The summed E-state index contributed by atoms with van der Waals surface area (Å²) in [5.74, 6) is 1.47. The zero-order valence-electron chi connectivity index (χ0n) is 15.8. The number of aromatic nitrogens is 2. The molecular weight excluding hydrogens is 370 g/mol. The highest BCUT2D eigenvalue weighted by Gasteiger charge is 2.34. The van der Waals surface area contributed by atoms with E-state index in [0.29, 0.717) is 35.3 Å². The monoisotopic (exact) mass is 389 g/mol. The van der Waals surface area contributed by atoms with Gasteiger partial charge >= 0.3 is 6.03 Å². The third-order valence-electron chi connectivity index (χ3n) is 4.83. The Labute approximate surface area is 167 Å². The van der Waals surface area contributed by atoms with Gasteiger partial charge in [-0.2, -0.15) is 10.2 Å². The SMILES string of the molecule is COc1ccccc1-c1noc([C@@H]2CCCN2C(=O)Nc2cccc(C#N)c2)n1. The maximum atomic E-state index is 12.8. The van der Waals surface area contributed by atoms with Crippen LogP contribution in [0, 0.1) is 11.3 Å². The molecule has 0 unspecified atom stereocenters. The standard InChI is InChI=1S/C21H19N5O3/c1-28-18-10-3-2-8-16(18)19-24-20(29-25-19)17-9-5-11-26(17)21(27)23-15-7-4-6-14(12-15)13-22/h2-4,6-8,10,12,17H,5,9,11H2,1H3,(H,23,27)/t17-/m0/s1. The van der Waals surface area contributed by atoms with Crippen LogP contribution in [0.5, 0.6) is 5.75 Å². The summed E-state index contributed by atoms with van der Waals surface area (Å²) in [5.41, 5.74) is 1.78. The summed E-state index contributed by atoms with van der Waals surface area (Å²) in [4.78, 5) is 19.0. The summed E-state index contributed by atoms with van der Waals surface area (Å²) in [6, 6.07) is 15.7. The van der Waals surface area contributed by atoms with Gasteiger partial charge in [0.2, 0.25) is 11.7 Å². The summed E-state index contributed by atoms with van der Waals surface area (Å²) in [7, 11) is 1.59. The number of carbonyl (C=O) groups excluding carboxylic acids is 1. The summed E-state index contributed by atoms with van der Waals surface area (Å²) >= 11 is 0. The molecule has 146 valence electrons. The third kappa shape index (κ3) is 3.75. The fraction of sp³-hybridized carbons (Fsp3) is 0.238. The third-order valence-corrected chi connectivity index (χ3v) is 4.83. The van der Waals surface area contributed by atoms with Gasteiger partial charge in [-0.3, -0.25) is 0 Å². The fourth-order valence-electron chi connectivity index (χ4n) is 3.44. The van der Waals surface area contributed by atoms with Crippen molar-refractivity contribution >= 4 is 11.7 Å². The fourth-order valence-corrected chi connectivity index (χ4v) is 3.44. The topological polar surface area (TPSA) is 104 Å². The van der Waals surface area contributed by atoms with E-state index < -0.39 is 0 Å². The van der Waals surface area contributed by atoms with Crippen LogP contribution in [0.4, 0.5) is 10.5 Å². The van der Waals surface area contributed by atoms with Crippen molar-refractivity contribution in [2.45, 2.75) is 18.9 Å². The molecule has 1 aliphatic rings. The highest BCUT2D eigenvalue weighted by Crippen LogP contribution is 2.34. The second-order valence-electron chi connectivity index (χ2n) is 6.63. The predicted molar refractivity (Wildman–Crippen MR) is 105 cm³/mol. The molecule has 3 aromatic rings. The van der Waals surface area contributed by atoms with Crippen LogP contribution in [-0.4, -0.2) is 34.7 Å². The molecule has 29 heavy (non-hydrogen) atoms. The largest absolute Gasteiger partial charge is 0.496 e. The van der Waals surface area contributed by atoms with Gasteiger partial charge in [0.1, 0.15) is 11.8 Å². The average molecular weight is 389 g/mol. The smallest absolute Gasteiger partial charge is 0.322 e. The lowest BCUT2D eigenvalue weighted by atomic mass is 10.2. The first-order valence-electron chi connectivity index (χ1n) is 9.24. The van der Waals surface area contributed by atoms with Crippen molar-refractivity contribution in [3.8, 4) is 23.2 Å². The number of nitrogens with one attached hydrogen (secondary N) is 1. The van der Waals surface area contributed by atoms with Crippen molar-refractivity contribution in [2.75, 3.05) is 19.0 Å². The Morgan fingerprint density at radius 2 is 2.17 bits per heavy atom. The average Bonchev–Trinajstić information content (AvgIpc) is 3.43. The van der Waals surface area contributed by atoms with Crippen molar-refractivity contribution in [1.82, 2.24) is 15.0 Å². The number of anilines is 1. The van der Waals surface area contributed by atoms with Crippen LogP contribution < -0.4 is 10.1 Å². The Bertz CT molecular complexity index is 1070. The van der Waals surface area contributed by atoms with E-state index in [4.69, 9.17) is 14.5 Å². The summed E-state index contributed by atoms with van der Waals surface area (Å²) in [6.07, 6.45) is 1.57. The van der Waals surface area contributed by atoms with Crippen LogP contribution in [0.25, 0.3) is 11.4 Å². The number of urea groups is 1. The zero-order chi connectivity index (χ0) is 20.2. The van der Waals surface area contributed by atoms with Gasteiger partial charge in [0.25, 0.3) is 0 Å². The van der Waals surface area contributed by atoms with Crippen LogP contribution >= 0.6 is 0 Å². The van der Waals surface area contributed by atoms with Crippen LogP contribution in [0.15, 0.2) is 53.1 Å². The molecule has 0 bridgehead atoms. The minimum atomic E-state index is -0.301. The van der Waals surface area contributed by atoms with E-state index in [2.05, 4.69) is 21.5 Å².